The average Bonchev–Trinajstić information content (AvgIpc) is 3.38. The van der Waals surface area contributed by atoms with Crippen LogP contribution in [0.3, 0.4) is 0 Å². The van der Waals surface area contributed by atoms with Gasteiger partial charge < -0.3 is 19.4 Å². The average molecular weight is 390 g/mol. The van der Waals surface area contributed by atoms with Crippen molar-refractivity contribution in [2.75, 3.05) is 20.3 Å². The van der Waals surface area contributed by atoms with Gasteiger partial charge in [0, 0.05) is 17.1 Å². The number of methoxy groups -OCH3 is 1. The number of esters is 2. The molecule has 144 valence electrons. The first-order valence-corrected chi connectivity index (χ1v) is 9.59. The summed E-state index contributed by atoms with van der Waals surface area (Å²) in [5.41, 5.74) is 1.45. The van der Waals surface area contributed by atoms with Crippen LogP contribution in [0.2, 0.25) is 0 Å². The van der Waals surface area contributed by atoms with Crippen LogP contribution in [0.4, 0.5) is 0 Å². The molecule has 3 heterocycles. The largest absolute Gasteiger partial charge is 0.465 e. The Morgan fingerprint density at radius 3 is 2.74 bits per heavy atom. The first-order chi connectivity index (χ1) is 12.9. The molecule has 0 spiro atoms. The van der Waals surface area contributed by atoms with Crippen molar-refractivity contribution < 1.29 is 23.9 Å². The number of ether oxygens (including phenoxy) is 2. The van der Waals surface area contributed by atoms with E-state index in [0.29, 0.717) is 23.4 Å². The lowest BCUT2D eigenvalue weighted by Crippen LogP contribution is -2.34. The van der Waals surface area contributed by atoms with Gasteiger partial charge in [-0.2, -0.15) is 0 Å². The van der Waals surface area contributed by atoms with Gasteiger partial charge in [-0.25, -0.2) is 9.59 Å². The zero-order valence-electron chi connectivity index (χ0n) is 15.5. The number of rotatable bonds is 5. The molecule has 0 aromatic carbocycles. The van der Waals surface area contributed by atoms with Gasteiger partial charge in [0.25, 0.3) is 5.91 Å². The van der Waals surface area contributed by atoms with Crippen LogP contribution in [-0.2, 0) is 14.3 Å². The molecule has 2 aromatic rings. The fourth-order valence-electron chi connectivity index (χ4n) is 3.49. The molecule has 0 aliphatic carbocycles. The SMILES string of the molecule is COC(=O)c1c(C)[nH]c(C(=O)OCC(=O)N2CCCC2c2cccs2)c1C. The van der Waals surface area contributed by atoms with E-state index in [1.807, 2.05) is 17.5 Å². The number of amides is 1. The van der Waals surface area contributed by atoms with Crippen molar-refractivity contribution in [2.45, 2.75) is 32.7 Å². The number of carbonyl (C=O) groups is 3. The van der Waals surface area contributed by atoms with Crippen LogP contribution in [0, 0.1) is 13.8 Å². The Labute approximate surface area is 161 Å². The minimum Gasteiger partial charge on any atom is -0.465 e. The van der Waals surface area contributed by atoms with E-state index in [-0.39, 0.29) is 24.2 Å². The quantitative estimate of drug-likeness (QED) is 0.793. The van der Waals surface area contributed by atoms with Crippen molar-refractivity contribution in [1.82, 2.24) is 9.88 Å². The minimum atomic E-state index is -0.661. The Morgan fingerprint density at radius 2 is 2.07 bits per heavy atom. The smallest absolute Gasteiger partial charge is 0.355 e. The highest BCUT2D eigenvalue weighted by atomic mass is 32.1. The van der Waals surface area contributed by atoms with E-state index in [2.05, 4.69) is 4.98 Å². The molecular weight excluding hydrogens is 368 g/mol. The Balaban J connectivity index is 1.66. The zero-order chi connectivity index (χ0) is 19.6. The third-order valence-electron chi connectivity index (χ3n) is 4.80. The Bertz CT molecular complexity index is 856. The fraction of sp³-hybridized carbons (Fsp3) is 0.421. The van der Waals surface area contributed by atoms with Gasteiger partial charge in [0.05, 0.1) is 18.7 Å². The normalized spacial score (nSPS) is 16.4. The molecule has 1 saturated heterocycles. The zero-order valence-corrected chi connectivity index (χ0v) is 16.4. The third-order valence-corrected chi connectivity index (χ3v) is 5.78. The molecule has 3 rings (SSSR count). The second-order valence-corrected chi connectivity index (χ2v) is 7.43. The predicted molar refractivity (Wildman–Crippen MR) is 99.9 cm³/mol. The molecule has 0 saturated carbocycles. The summed E-state index contributed by atoms with van der Waals surface area (Å²) >= 11 is 1.62. The van der Waals surface area contributed by atoms with Gasteiger partial charge >= 0.3 is 11.9 Å². The van der Waals surface area contributed by atoms with E-state index >= 15 is 0 Å². The van der Waals surface area contributed by atoms with Crippen LogP contribution in [0.25, 0.3) is 0 Å². The molecule has 1 amide bonds. The van der Waals surface area contributed by atoms with Crippen molar-refractivity contribution in [3.05, 3.63) is 44.9 Å². The number of nitrogens with one attached hydrogen (secondary N) is 1. The summed E-state index contributed by atoms with van der Waals surface area (Å²) in [7, 11) is 1.28. The van der Waals surface area contributed by atoms with Crippen molar-refractivity contribution in [3.63, 3.8) is 0 Å². The number of carbonyl (C=O) groups excluding carboxylic acids is 3. The first kappa shape index (κ1) is 19.2. The monoisotopic (exact) mass is 390 g/mol. The molecular formula is C19H22N2O5S. The van der Waals surface area contributed by atoms with Crippen molar-refractivity contribution >= 4 is 29.2 Å². The number of hydrogen-bond donors (Lipinski definition) is 1. The van der Waals surface area contributed by atoms with E-state index in [0.717, 1.165) is 17.7 Å². The van der Waals surface area contributed by atoms with Gasteiger partial charge in [-0.1, -0.05) is 6.07 Å². The van der Waals surface area contributed by atoms with Crippen LogP contribution in [0.1, 0.15) is 55.9 Å². The van der Waals surface area contributed by atoms with Crippen LogP contribution >= 0.6 is 11.3 Å². The van der Waals surface area contributed by atoms with Crippen molar-refractivity contribution in [1.29, 1.82) is 0 Å². The van der Waals surface area contributed by atoms with Gasteiger partial charge in [0.15, 0.2) is 6.61 Å². The molecule has 7 nitrogen and oxygen atoms in total. The Morgan fingerprint density at radius 1 is 1.30 bits per heavy atom. The number of thiophene rings is 1. The summed E-state index contributed by atoms with van der Waals surface area (Å²) in [6.07, 6.45) is 1.84. The Hall–Kier alpha value is -2.61. The molecule has 8 heteroatoms. The highest BCUT2D eigenvalue weighted by molar-refractivity contribution is 7.10. The van der Waals surface area contributed by atoms with E-state index in [1.54, 1.807) is 30.1 Å². The number of likely N-dealkylation sites (tertiary alicyclic amines) is 1. The number of H-pyrrole nitrogens is 1. The maximum atomic E-state index is 12.6. The summed E-state index contributed by atoms with van der Waals surface area (Å²) in [6.45, 7) is 3.65. The molecule has 1 fully saturated rings. The molecule has 27 heavy (non-hydrogen) atoms. The van der Waals surface area contributed by atoms with Gasteiger partial charge in [-0.3, -0.25) is 4.79 Å². The second kappa shape index (κ2) is 7.96. The second-order valence-electron chi connectivity index (χ2n) is 6.45. The summed E-state index contributed by atoms with van der Waals surface area (Å²) in [6, 6.07) is 4.04. The topological polar surface area (TPSA) is 88.7 Å². The van der Waals surface area contributed by atoms with E-state index in [1.165, 1.54) is 7.11 Å². The summed E-state index contributed by atoms with van der Waals surface area (Å²) in [5.74, 6) is -1.40. The lowest BCUT2D eigenvalue weighted by Gasteiger charge is -2.23. The molecule has 1 N–H and O–H groups in total. The lowest BCUT2D eigenvalue weighted by molar-refractivity contribution is -0.135. The molecule has 1 aliphatic heterocycles. The minimum absolute atomic E-state index is 0.0524. The van der Waals surface area contributed by atoms with Crippen LogP contribution < -0.4 is 0 Å². The summed E-state index contributed by atoms with van der Waals surface area (Å²) in [5, 5.41) is 1.99. The lowest BCUT2D eigenvalue weighted by atomic mass is 10.1. The van der Waals surface area contributed by atoms with Crippen LogP contribution in [-0.4, -0.2) is 48.0 Å². The summed E-state index contributed by atoms with van der Waals surface area (Å²) in [4.78, 5) is 42.6. The molecule has 0 radical (unpaired) electrons. The van der Waals surface area contributed by atoms with Crippen molar-refractivity contribution in [3.8, 4) is 0 Å². The van der Waals surface area contributed by atoms with Gasteiger partial charge in [-0.05, 0) is 43.7 Å². The number of aryl methyl sites for hydroxylation is 1. The standard InChI is InChI=1S/C19H22N2O5S/c1-11-16(18(23)25-3)12(2)20-17(11)19(24)26-10-15(22)21-8-4-6-13(21)14-7-5-9-27-14/h5,7,9,13,20H,4,6,8,10H2,1-3H3. The first-order valence-electron chi connectivity index (χ1n) is 8.71. The molecule has 2 aromatic heterocycles. The van der Waals surface area contributed by atoms with Crippen molar-refractivity contribution in [2.24, 2.45) is 0 Å². The van der Waals surface area contributed by atoms with Crippen LogP contribution in [0.5, 0.6) is 0 Å². The number of nitrogens with zero attached hydrogens (tertiary/aromatic N) is 1. The Kier molecular flexibility index (Phi) is 5.65. The van der Waals surface area contributed by atoms with Gasteiger partial charge in [-0.15, -0.1) is 11.3 Å². The molecule has 0 bridgehead atoms. The van der Waals surface area contributed by atoms with Gasteiger partial charge in [0.2, 0.25) is 0 Å². The van der Waals surface area contributed by atoms with Gasteiger partial charge in [0.1, 0.15) is 5.69 Å². The predicted octanol–water partition coefficient (Wildman–Crippen LogP) is 3.00. The number of hydrogen-bond acceptors (Lipinski definition) is 6. The maximum Gasteiger partial charge on any atom is 0.355 e. The highest BCUT2D eigenvalue weighted by Crippen LogP contribution is 2.34. The van der Waals surface area contributed by atoms with E-state index in [4.69, 9.17) is 9.47 Å². The van der Waals surface area contributed by atoms with E-state index < -0.39 is 11.9 Å². The molecule has 1 atom stereocenters. The third kappa shape index (κ3) is 3.75. The highest BCUT2D eigenvalue weighted by Gasteiger charge is 2.31. The van der Waals surface area contributed by atoms with E-state index in [9.17, 15) is 14.4 Å². The maximum absolute atomic E-state index is 12.6. The molecule has 1 aliphatic rings. The number of aromatic nitrogens is 1. The fourth-order valence-corrected chi connectivity index (χ4v) is 4.36. The molecule has 1 unspecified atom stereocenters. The van der Waals surface area contributed by atoms with Crippen LogP contribution in [0.15, 0.2) is 17.5 Å². The summed E-state index contributed by atoms with van der Waals surface area (Å²) < 4.78 is 9.95. The number of aromatic amines is 1.